The monoisotopic (exact) mass is 253 g/mol. The van der Waals surface area contributed by atoms with E-state index in [1.165, 1.54) is 12.1 Å². The molecule has 3 nitrogen and oxygen atoms in total. The Bertz CT molecular complexity index is 395. The van der Waals surface area contributed by atoms with Crippen molar-refractivity contribution in [1.29, 1.82) is 0 Å². The molecule has 0 heterocycles. The minimum Gasteiger partial charge on any atom is -0.392 e. The number of nitrogens with zero attached hydrogens (tertiary/aromatic N) is 1. The van der Waals surface area contributed by atoms with Crippen molar-refractivity contribution in [1.82, 2.24) is 4.90 Å². The van der Waals surface area contributed by atoms with Crippen LogP contribution >= 0.6 is 0 Å². The van der Waals surface area contributed by atoms with Gasteiger partial charge in [0.05, 0.1) is 12.2 Å². The van der Waals surface area contributed by atoms with E-state index in [9.17, 15) is 14.6 Å². The van der Waals surface area contributed by atoms with Crippen molar-refractivity contribution in [3.05, 3.63) is 35.6 Å². The highest BCUT2D eigenvalue weighted by Gasteiger charge is 2.30. The van der Waals surface area contributed by atoms with Crippen LogP contribution in [-0.4, -0.2) is 41.4 Å². The number of aliphatic hydroxyl groups is 2. The van der Waals surface area contributed by atoms with Gasteiger partial charge in [0.2, 0.25) is 0 Å². The maximum absolute atomic E-state index is 13.0. The van der Waals surface area contributed by atoms with Gasteiger partial charge in [0.1, 0.15) is 5.82 Å². The number of aliphatic hydroxyl groups excluding tert-OH is 2. The van der Waals surface area contributed by atoms with Gasteiger partial charge in [-0.05, 0) is 43.5 Å². The molecule has 1 aliphatic carbocycles. The van der Waals surface area contributed by atoms with Gasteiger partial charge in [0.15, 0.2) is 0 Å². The van der Waals surface area contributed by atoms with E-state index in [1.807, 2.05) is 11.9 Å². The quantitative estimate of drug-likeness (QED) is 0.808. The third-order valence-corrected chi connectivity index (χ3v) is 3.38. The Hall–Kier alpha value is -0.970. The summed E-state index contributed by atoms with van der Waals surface area (Å²) in [7, 11) is 1.86. The molecule has 0 spiro atoms. The Labute approximate surface area is 107 Å². The fraction of sp³-hybridized carbons (Fsp3) is 0.571. The van der Waals surface area contributed by atoms with Crippen molar-refractivity contribution in [3.63, 3.8) is 0 Å². The molecule has 0 aliphatic heterocycles. The van der Waals surface area contributed by atoms with Gasteiger partial charge < -0.3 is 15.1 Å². The smallest absolute Gasteiger partial charge is 0.123 e. The fourth-order valence-electron chi connectivity index (χ4n) is 2.14. The summed E-state index contributed by atoms with van der Waals surface area (Å²) in [4.78, 5) is 1.89. The second-order valence-corrected chi connectivity index (χ2v) is 5.20. The maximum Gasteiger partial charge on any atom is 0.123 e. The van der Waals surface area contributed by atoms with Gasteiger partial charge in [-0.25, -0.2) is 4.39 Å². The molecule has 1 aromatic rings. The number of halogens is 1. The highest BCUT2D eigenvalue weighted by molar-refractivity contribution is 5.18. The third-order valence-electron chi connectivity index (χ3n) is 3.38. The van der Waals surface area contributed by atoms with E-state index >= 15 is 0 Å². The van der Waals surface area contributed by atoms with Crippen LogP contribution < -0.4 is 0 Å². The molecule has 1 fully saturated rings. The largest absolute Gasteiger partial charge is 0.392 e. The lowest BCUT2D eigenvalue weighted by Gasteiger charge is -2.23. The SMILES string of the molecule is CN(CC(O)c1cccc(F)c1)CC(O)C1CC1. The van der Waals surface area contributed by atoms with Crippen LogP contribution in [0.25, 0.3) is 0 Å². The van der Waals surface area contributed by atoms with Crippen LogP contribution in [0.2, 0.25) is 0 Å². The minimum absolute atomic E-state index is 0.310. The Kier molecular flexibility index (Phi) is 4.32. The van der Waals surface area contributed by atoms with Crippen LogP contribution in [0.1, 0.15) is 24.5 Å². The lowest BCUT2D eigenvalue weighted by molar-refractivity contribution is 0.0732. The first-order valence-corrected chi connectivity index (χ1v) is 6.36. The predicted octanol–water partition coefficient (Wildman–Crippen LogP) is 1.56. The molecule has 0 bridgehead atoms. The zero-order valence-corrected chi connectivity index (χ0v) is 10.6. The van der Waals surface area contributed by atoms with E-state index in [0.29, 0.717) is 24.6 Å². The molecule has 2 atom stereocenters. The molecule has 1 saturated carbocycles. The molecule has 1 aromatic carbocycles. The topological polar surface area (TPSA) is 43.7 Å². The van der Waals surface area contributed by atoms with Gasteiger partial charge >= 0.3 is 0 Å². The van der Waals surface area contributed by atoms with Crippen molar-refractivity contribution >= 4 is 0 Å². The summed E-state index contributed by atoms with van der Waals surface area (Å²) in [6, 6.07) is 6.00. The van der Waals surface area contributed by atoms with Gasteiger partial charge in [-0.1, -0.05) is 12.1 Å². The van der Waals surface area contributed by atoms with E-state index in [-0.39, 0.29) is 11.9 Å². The highest BCUT2D eigenvalue weighted by Crippen LogP contribution is 2.32. The van der Waals surface area contributed by atoms with E-state index in [1.54, 1.807) is 12.1 Å². The van der Waals surface area contributed by atoms with E-state index < -0.39 is 6.10 Å². The van der Waals surface area contributed by atoms with Crippen molar-refractivity contribution in [3.8, 4) is 0 Å². The van der Waals surface area contributed by atoms with Crippen LogP contribution in [0.15, 0.2) is 24.3 Å². The van der Waals surface area contributed by atoms with Crippen LogP contribution in [0.5, 0.6) is 0 Å². The maximum atomic E-state index is 13.0. The third kappa shape index (κ3) is 3.77. The molecule has 0 aromatic heterocycles. The van der Waals surface area contributed by atoms with Gasteiger partial charge in [-0.3, -0.25) is 0 Å². The molecule has 1 aliphatic rings. The van der Waals surface area contributed by atoms with Crippen molar-refractivity contribution in [2.75, 3.05) is 20.1 Å². The number of rotatable bonds is 6. The van der Waals surface area contributed by atoms with Gasteiger partial charge in [0, 0.05) is 13.1 Å². The normalized spacial score (nSPS) is 18.9. The van der Waals surface area contributed by atoms with E-state index in [2.05, 4.69) is 0 Å². The Morgan fingerprint density at radius 2 is 2.06 bits per heavy atom. The van der Waals surface area contributed by atoms with Gasteiger partial charge in [-0.15, -0.1) is 0 Å². The molecule has 4 heteroatoms. The van der Waals surface area contributed by atoms with Crippen LogP contribution in [-0.2, 0) is 0 Å². The Morgan fingerprint density at radius 1 is 1.33 bits per heavy atom. The van der Waals surface area contributed by atoms with E-state index in [0.717, 1.165) is 12.8 Å². The summed E-state index contributed by atoms with van der Waals surface area (Å²) < 4.78 is 13.0. The lowest BCUT2D eigenvalue weighted by atomic mass is 10.1. The van der Waals surface area contributed by atoms with Crippen molar-refractivity contribution in [2.45, 2.75) is 25.0 Å². The molecular weight excluding hydrogens is 233 g/mol. The summed E-state index contributed by atoms with van der Waals surface area (Å²) in [5, 5.41) is 19.8. The molecule has 0 radical (unpaired) electrons. The molecule has 0 amide bonds. The van der Waals surface area contributed by atoms with Crippen molar-refractivity contribution in [2.24, 2.45) is 5.92 Å². The summed E-state index contributed by atoms with van der Waals surface area (Å²) in [6.07, 6.45) is 1.16. The number of likely N-dealkylation sites (N-methyl/N-ethyl adjacent to an activating group) is 1. The molecule has 18 heavy (non-hydrogen) atoms. The summed E-state index contributed by atoms with van der Waals surface area (Å²) in [5.41, 5.74) is 0.572. The molecule has 2 rings (SSSR count). The molecule has 2 N–H and O–H groups in total. The summed E-state index contributed by atoms with van der Waals surface area (Å²) >= 11 is 0. The minimum atomic E-state index is -0.725. The highest BCUT2D eigenvalue weighted by atomic mass is 19.1. The number of benzene rings is 1. The predicted molar refractivity (Wildman–Crippen MR) is 67.6 cm³/mol. The zero-order chi connectivity index (χ0) is 13.1. The fourth-order valence-corrected chi connectivity index (χ4v) is 2.14. The lowest BCUT2D eigenvalue weighted by Crippen LogP contribution is -2.33. The average molecular weight is 253 g/mol. The Morgan fingerprint density at radius 3 is 2.67 bits per heavy atom. The van der Waals surface area contributed by atoms with Crippen molar-refractivity contribution < 1.29 is 14.6 Å². The van der Waals surface area contributed by atoms with Crippen LogP contribution in [0.3, 0.4) is 0 Å². The first-order chi connectivity index (χ1) is 8.56. The average Bonchev–Trinajstić information content (AvgIpc) is 3.12. The first-order valence-electron chi connectivity index (χ1n) is 6.36. The zero-order valence-electron chi connectivity index (χ0n) is 10.6. The Balaban J connectivity index is 1.84. The van der Waals surface area contributed by atoms with Gasteiger partial charge in [-0.2, -0.15) is 0 Å². The first kappa shape index (κ1) is 13.5. The summed E-state index contributed by atoms with van der Waals surface area (Å²) in [5.74, 6) is 0.0889. The molecular formula is C14H20FNO2. The van der Waals surface area contributed by atoms with Gasteiger partial charge in [0.25, 0.3) is 0 Å². The van der Waals surface area contributed by atoms with Crippen LogP contribution in [0.4, 0.5) is 4.39 Å². The van der Waals surface area contributed by atoms with E-state index in [4.69, 9.17) is 0 Å². The molecule has 2 unspecified atom stereocenters. The molecule has 100 valence electrons. The summed E-state index contributed by atoms with van der Waals surface area (Å²) in [6.45, 7) is 0.949. The standard InChI is InChI=1S/C14H20FNO2/c1-16(8-13(17)10-5-6-10)9-14(18)11-3-2-4-12(15)7-11/h2-4,7,10,13-14,17-18H,5-6,8-9H2,1H3. The number of hydrogen-bond donors (Lipinski definition) is 2. The number of hydrogen-bond acceptors (Lipinski definition) is 3. The van der Waals surface area contributed by atoms with Crippen LogP contribution in [0, 0.1) is 11.7 Å². The second-order valence-electron chi connectivity index (χ2n) is 5.20. The second kappa shape index (κ2) is 5.78. The molecule has 0 saturated heterocycles.